The Bertz CT molecular complexity index is 544. The first-order valence-electron chi connectivity index (χ1n) is 8.19. The van der Waals surface area contributed by atoms with Crippen molar-refractivity contribution >= 4 is 5.82 Å². The Hall–Kier alpha value is -1.60. The predicted molar refractivity (Wildman–Crippen MR) is 84.2 cm³/mol. The minimum Gasteiger partial charge on any atom is -0.355 e. The molecule has 0 saturated carbocycles. The van der Waals surface area contributed by atoms with E-state index in [0.29, 0.717) is 5.92 Å². The van der Waals surface area contributed by atoms with E-state index in [0.717, 1.165) is 50.3 Å². The number of fused-ring (bicyclic) bond motifs is 1. The number of nitrogens with zero attached hydrogens (tertiary/aromatic N) is 3. The number of pyridine rings is 1. The Morgan fingerprint density at radius 2 is 2.19 bits per heavy atom. The van der Waals surface area contributed by atoms with Gasteiger partial charge in [0.25, 0.3) is 0 Å². The minimum absolute atomic E-state index is 0.646. The van der Waals surface area contributed by atoms with Crippen LogP contribution in [-0.4, -0.2) is 24.6 Å². The van der Waals surface area contributed by atoms with Crippen molar-refractivity contribution in [1.29, 1.82) is 5.26 Å². The second-order valence-corrected chi connectivity index (χ2v) is 6.32. The van der Waals surface area contributed by atoms with Crippen molar-refractivity contribution in [3.8, 4) is 6.07 Å². The summed E-state index contributed by atoms with van der Waals surface area (Å²) in [7, 11) is 0. The van der Waals surface area contributed by atoms with E-state index >= 15 is 0 Å². The fourth-order valence-corrected chi connectivity index (χ4v) is 3.67. The van der Waals surface area contributed by atoms with Gasteiger partial charge in [-0.3, -0.25) is 0 Å². The van der Waals surface area contributed by atoms with Crippen molar-refractivity contribution in [1.82, 2.24) is 4.98 Å². The van der Waals surface area contributed by atoms with Gasteiger partial charge in [0.05, 0.1) is 5.56 Å². The first kappa shape index (κ1) is 14.3. The first-order valence-corrected chi connectivity index (χ1v) is 8.19. The Labute approximate surface area is 127 Å². The van der Waals surface area contributed by atoms with Crippen LogP contribution >= 0.6 is 0 Å². The van der Waals surface area contributed by atoms with Crippen LogP contribution in [0.5, 0.6) is 0 Å². The summed E-state index contributed by atoms with van der Waals surface area (Å²) in [5, 5.41) is 9.48. The number of aromatic nitrogens is 1. The monoisotopic (exact) mass is 284 g/mol. The molecule has 1 fully saturated rings. The lowest BCUT2D eigenvalue weighted by Gasteiger charge is -2.34. The molecule has 2 aliphatic rings. The maximum atomic E-state index is 9.48. The number of aryl methyl sites for hydroxylation is 2. The van der Waals surface area contributed by atoms with Gasteiger partial charge in [-0.1, -0.05) is 0 Å². The summed E-state index contributed by atoms with van der Waals surface area (Å²) in [5.74, 6) is 1.56. The maximum Gasteiger partial charge on any atom is 0.146 e. The fourth-order valence-electron chi connectivity index (χ4n) is 3.67. The predicted octanol–water partition coefficient (Wildman–Crippen LogP) is 2.40. The molecule has 1 aromatic heterocycles. The molecule has 4 nitrogen and oxygen atoms in total. The van der Waals surface area contributed by atoms with Gasteiger partial charge in [-0.2, -0.15) is 5.26 Å². The van der Waals surface area contributed by atoms with E-state index in [1.165, 1.54) is 36.9 Å². The zero-order chi connectivity index (χ0) is 14.7. The summed E-state index contributed by atoms with van der Waals surface area (Å²) in [6.45, 7) is 2.76. The van der Waals surface area contributed by atoms with Gasteiger partial charge in [0.1, 0.15) is 11.9 Å². The van der Waals surface area contributed by atoms with E-state index in [9.17, 15) is 5.26 Å². The highest BCUT2D eigenvalue weighted by molar-refractivity contribution is 5.56. The topological polar surface area (TPSA) is 65.9 Å². The lowest BCUT2D eigenvalue weighted by Crippen LogP contribution is -2.37. The molecule has 1 atom stereocenters. The lowest BCUT2D eigenvalue weighted by atomic mass is 9.93. The third-order valence-corrected chi connectivity index (χ3v) is 4.79. The second-order valence-electron chi connectivity index (χ2n) is 6.32. The number of hydrogen-bond acceptors (Lipinski definition) is 4. The van der Waals surface area contributed by atoms with Crippen LogP contribution in [0.4, 0.5) is 5.82 Å². The molecule has 0 radical (unpaired) electrons. The standard InChI is InChI=1S/C17H24N4/c18-8-7-13-4-3-9-21(12-13)17-15(11-19)10-14-5-1-2-6-16(14)20-17/h10,13H,1-9,12,18H2. The van der Waals surface area contributed by atoms with Crippen LogP contribution in [0, 0.1) is 17.2 Å². The van der Waals surface area contributed by atoms with E-state index in [1.54, 1.807) is 0 Å². The third-order valence-electron chi connectivity index (χ3n) is 4.79. The average molecular weight is 284 g/mol. The molecular weight excluding hydrogens is 260 g/mol. The molecule has 0 bridgehead atoms. The van der Waals surface area contributed by atoms with Gasteiger partial charge in [0, 0.05) is 18.8 Å². The van der Waals surface area contributed by atoms with Gasteiger partial charge in [-0.05, 0) is 69.0 Å². The van der Waals surface area contributed by atoms with Gasteiger partial charge in [0.15, 0.2) is 0 Å². The Balaban J connectivity index is 1.88. The molecule has 2 heterocycles. The minimum atomic E-state index is 0.646. The van der Waals surface area contributed by atoms with Crippen molar-refractivity contribution < 1.29 is 0 Å². The van der Waals surface area contributed by atoms with E-state index in [2.05, 4.69) is 17.0 Å². The molecule has 4 heteroatoms. The van der Waals surface area contributed by atoms with Crippen LogP contribution in [0.15, 0.2) is 6.07 Å². The number of nitriles is 1. The fraction of sp³-hybridized carbons (Fsp3) is 0.647. The van der Waals surface area contributed by atoms with Crippen molar-refractivity contribution in [3.63, 3.8) is 0 Å². The Morgan fingerprint density at radius 3 is 3.00 bits per heavy atom. The van der Waals surface area contributed by atoms with E-state index in [-0.39, 0.29) is 0 Å². The van der Waals surface area contributed by atoms with Crippen LogP contribution in [0.1, 0.15) is 48.9 Å². The van der Waals surface area contributed by atoms with Crippen LogP contribution in [0.25, 0.3) is 0 Å². The number of hydrogen-bond donors (Lipinski definition) is 1. The molecular formula is C17H24N4. The quantitative estimate of drug-likeness (QED) is 0.925. The summed E-state index contributed by atoms with van der Waals surface area (Å²) in [6.07, 6.45) is 8.08. The third kappa shape index (κ3) is 3.03. The average Bonchev–Trinajstić information content (AvgIpc) is 2.54. The lowest BCUT2D eigenvalue weighted by molar-refractivity contribution is 0.394. The van der Waals surface area contributed by atoms with Gasteiger partial charge in [-0.15, -0.1) is 0 Å². The summed E-state index contributed by atoms with van der Waals surface area (Å²) in [6, 6.07) is 4.45. The zero-order valence-corrected chi connectivity index (χ0v) is 12.6. The molecule has 21 heavy (non-hydrogen) atoms. The Kier molecular flexibility index (Phi) is 4.40. The molecule has 0 amide bonds. The van der Waals surface area contributed by atoms with Gasteiger partial charge >= 0.3 is 0 Å². The summed E-state index contributed by atoms with van der Waals surface area (Å²) >= 11 is 0. The molecule has 1 unspecified atom stereocenters. The number of piperidine rings is 1. The summed E-state index contributed by atoms with van der Waals surface area (Å²) in [5.41, 5.74) is 8.97. The van der Waals surface area contributed by atoms with Gasteiger partial charge < -0.3 is 10.6 Å². The largest absolute Gasteiger partial charge is 0.355 e. The molecule has 0 spiro atoms. The van der Waals surface area contributed by atoms with Crippen LogP contribution < -0.4 is 10.6 Å². The van der Waals surface area contributed by atoms with Crippen molar-refractivity contribution in [2.75, 3.05) is 24.5 Å². The molecule has 1 aliphatic heterocycles. The van der Waals surface area contributed by atoms with E-state index in [1.807, 2.05) is 0 Å². The van der Waals surface area contributed by atoms with Crippen molar-refractivity contribution in [3.05, 3.63) is 22.9 Å². The zero-order valence-electron chi connectivity index (χ0n) is 12.6. The van der Waals surface area contributed by atoms with Gasteiger partial charge in [0.2, 0.25) is 0 Å². The summed E-state index contributed by atoms with van der Waals surface area (Å²) < 4.78 is 0. The van der Waals surface area contributed by atoms with Crippen LogP contribution in [0.2, 0.25) is 0 Å². The highest BCUT2D eigenvalue weighted by Crippen LogP contribution is 2.29. The van der Waals surface area contributed by atoms with Crippen LogP contribution in [-0.2, 0) is 12.8 Å². The highest BCUT2D eigenvalue weighted by Gasteiger charge is 2.24. The molecule has 1 saturated heterocycles. The maximum absolute atomic E-state index is 9.48. The second kappa shape index (κ2) is 6.44. The molecule has 112 valence electrons. The molecule has 2 N–H and O–H groups in total. The smallest absolute Gasteiger partial charge is 0.146 e. The number of anilines is 1. The molecule has 0 aromatic carbocycles. The van der Waals surface area contributed by atoms with Gasteiger partial charge in [-0.25, -0.2) is 4.98 Å². The van der Waals surface area contributed by atoms with E-state index in [4.69, 9.17) is 10.7 Å². The molecule has 1 aliphatic carbocycles. The normalized spacial score (nSPS) is 21.7. The van der Waals surface area contributed by atoms with Crippen molar-refractivity contribution in [2.24, 2.45) is 11.7 Å². The van der Waals surface area contributed by atoms with Crippen LogP contribution in [0.3, 0.4) is 0 Å². The number of rotatable bonds is 3. The highest BCUT2D eigenvalue weighted by atomic mass is 15.2. The summed E-state index contributed by atoms with van der Waals surface area (Å²) in [4.78, 5) is 7.19. The molecule has 1 aromatic rings. The Morgan fingerprint density at radius 1 is 1.33 bits per heavy atom. The molecule has 3 rings (SSSR count). The first-order chi connectivity index (χ1) is 10.3. The number of nitrogens with two attached hydrogens (primary N) is 1. The van der Waals surface area contributed by atoms with Crippen molar-refractivity contribution in [2.45, 2.75) is 44.9 Å². The SMILES string of the molecule is N#Cc1cc2c(nc1N1CCCC(CCN)C1)CCCC2. The van der Waals surface area contributed by atoms with E-state index < -0.39 is 0 Å².